The van der Waals surface area contributed by atoms with Crippen LogP contribution in [0, 0.1) is 0 Å². The summed E-state index contributed by atoms with van der Waals surface area (Å²) in [6, 6.07) is 7.32. The molecule has 0 bridgehead atoms. The molecule has 2 heterocycles. The minimum absolute atomic E-state index is 0. The number of amides is 1. The number of nitrogens with zero attached hydrogens (tertiary/aromatic N) is 1. The lowest BCUT2D eigenvalue weighted by molar-refractivity contribution is 0.0736. The molecule has 1 aromatic carbocycles. The number of rotatable bonds is 2. The largest absolute Gasteiger partial charge is 0.399 e. The highest BCUT2D eigenvalue weighted by Crippen LogP contribution is 2.35. The highest BCUT2D eigenvalue weighted by Gasteiger charge is 2.31. The molecule has 1 unspecified atom stereocenters. The van der Waals surface area contributed by atoms with Crippen molar-refractivity contribution in [3.8, 4) is 0 Å². The fourth-order valence-electron chi connectivity index (χ4n) is 2.68. The van der Waals surface area contributed by atoms with E-state index in [2.05, 4.69) is 11.4 Å². The summed E-state index contributed by atoms with van der Waals surface area (Å²) in [7, 11) is 0. The van der Waals surface area contributed by atoms with Crippen molar-refractivity contribution in [3.05, 3.63) is 51.2 Å². The van der Waals surface area contributed by atoms with E-state index < -0.39 is 0 Å². The number of halogens is 2. The number of nitrogen functional groups attached to an aromatic ring is 1. The Hall–Kier alpha value is -1.23. The molecule has 3 rings (SSSR count). The number of benzene rings is 1. The Balaban J connectivity index is 0.00000161. The van der Waals surface area contributed by atoms with Gasteiger partial charge < -0.3 is 10.6 Å². The van der Waals surface area contributed by atoms with Gasteiger partial charge >= 0.3 is 0 Å². The minimum Gasteiger partial charge on any atom is -0.399 e. The molecule has 1 saturated heterocycles. The summed E-state index contributed by atoms with van der Waals surface area (Å²) in [5, 5.41) is 4.58. The van der Waals surface area contributed by atoms with Crippen LogP contribution in [0.15, 0.2) is 35.0 Å². The predicted molar refractivity (Wildman–Crippen MR) is 90.4 cm³/mol. The Morgan fingerprint density at radius 3 is 2.86 bits per heavy atom. The highest BCUT2D eigenvalue weighted by molar-refractivity contribution is 7.08. The van der Waals surface area contributed by atoms with Crippen LogP contribution in [0.3, 0.4) is 0 Å². The zero-order valence-corrected chi connectivity index (χ0v) is 13.7. The van der Waals surface area contributed by atoms with Crippen molar-refractivity contribution in [2.24, 2.45) is 0 Å². The number of anilines is 1. The molecule has 1 aliphatic heterocycles. The third-order valence-electron chi connectivity index (χ3n) is 3.67. The maximum absolute atomic E-state index is 12.7. The Morgan fingerprint density at radius 1 is 1.38 bits per heavy atom. The molecule has 0 radical (unpaired) electrons. The first-order valence-corrected chi connectivity index (χ1v) is 7.87. The summed E-state index contributed by atoms with van der Waals surface area (Å²) >= 11 is 7.81. The van der Waals surface area contributed by atoms with Crippen molar-refractivity contribution < 1.29 is 4.79 Å². The monoisotopic (exact) mass is 342 g/mol. The van der Waals surface area contributed by atoms with Crippen molar-refractivity contribution >= 4 is 46.9 Å². The van der Waals surface area contributed by atoms with Crippen LogP contribution < -0.4 is 5.73 Å². The molecular weight excluding hydrogens is 327 g/mol. The van der Waals surface area contributed by atoms with Crippen LogP contribution in [0.1, 0.15) is 34.8 Å². The molecule has 1 aromatic heterocycles. The molecule has 2 N–H and O–H groups in total. The summed E-state index contributed by atoms with van der Waals surface area (Å²) in [6.45, 7) is 0.778. The molecule has 1 aliphatic rings. The van der Waals surface area contributed by atoms with Gasteiger partial charge in [-0.2, -0.15) is 11.3 Å². The van der Waals surface area contributed by atoms with Gasteiger partial charge in [-0.15, -0.1) is 12.4 Å². The molecule has 21 heavy (non-hydrogen) atoms. The number of hydrogen-bond donors (Lipinski definition) is 1. The van der Waals surface area contributed by atoms with E-state index in [-0.39, 0.29) is 24.4 Å². The number of nitrogens with two attached hydrogens (primary N) is 1. The van der Waals surface area contributed by atoms with E-state index in [0.29, 0.717) is 16.3 Å². The van der Waals surface area contributed by atoms with E-state index >= 15 is 0 Å². The van der Waals surface area contributed by atoms with Gasteiger partial charge in [-0.1, -0.05) is 11.6 Å². The highest BCUT2D eigenvalue weighted by atomic mass is 35.5. The van der Waals surface area contributed by atoms with Gasteiger partial charge in [-0.05, 0) is 53.4 Å². The van der Waals surface area contributed by atoms with Crippen LogP contribution in [-0.2, 0) is 0 Å². The SMILES string of the molecule is Cl.Nc1ccc(C(=O)N2CCCC2c2ccsc2)c(Cl)c1. The molecular formula is C15H16Cl2N2OS. The molecule has 0 spiro atoms. The van der Waals surface area contributed by atoms with Crippen LogP contribution in [0.2, 0.25) is 5.02 Å². The van der Waals surface area contributed by atoms with E-state index in [1.807, 2.05) is 10.3 Å². The predicted octanol–water partition coefficient (Wildman–Crippen LogP) is 4.38. The number of carbonyl (C=O) groups is 1. The molecule has 2 aromatic rings. The fourth-order valence-corrected chi connectivity index (χ4v) is 3.66. The smallest absolute Gasteiger partial charge is 0.255 e. The number of thiophene rings is 1. The second-order valence-corrected chi connectivity index (χ2v) is 6.14. The van der Waals surface area contributed by atoms with Crippen molar-refractivity contribution in [3.63, 3.8) is 0 Å². The van der Waals surface area contributed by atoms with Gasteiger partial charge in [0.25, 0.3) is 5.91 Å². The number of hydrogen-bond acceptors (Lipinski definition) is 3. The van der Waals surface area contributed by atoms with E-state index in [0.717, 1.165) is 19.4 Å². The zero-order chi connectivity index (χ0) is 14.1. The lowest BCUT2D eigenvalue weighted by Crippen LogP contribution is -2.30. The summed E-state index contributed by atoms with van der Waals surface area (Å²) in [6.07, 6.45) is 2.04. The van der Waals surface area contributed by atoms with Crippen molar-refractivity contribution in [2.75, 3.05) is 12.3 Å². The van der Waals surface area contributed by atoms with Gasteiger partial charge in [0, 0.05) is 12.2 Å². The lowest BCUT2D eigenvalue weighted by Gasteiger charge is -2.24. The summed E-state index contributed by atoms with van der Waals surface area (Å²) in [5.41, 5.74) is 7.99. The first kappa shape index (κ1) is 16.1. The number of carbonyl (C=O) groups excluding carboxylic acids is 1. The van der Waals surface area contributed by atoms with Gasteiger partial charge in [0.15, 0.2) is 0 Å². The number of likely N-dealkylation sites (tertiary alicyclic amines) is 1. The summed E-state index contributed by atoms with van der Waals surface area (Å²) < 4.78 is 0. The normalized spacial score (nSPS) is 17.6. The first-order chi connectivity index (χ1) is 9.66. The summed E-state index contributed by atoms with van der Waals surface area (Å²) in [5.74, 6) is -0.0105. The molecule has 6 heteroatoms. The molecule has 1 amide bonds. The summed E-state index contributed by atoms with van der Waals surface area (Å²) in [4.78, 5) is 14.6. The van der Waals surface area contributed by atoms with Gasteiger partial charge in [0.1, 0.15) is 0 Å². The van der Waals surface area contributed by atoms with E-state index in [4.69, 9.17) is 17.3 Å². The first-order valence-electron chi connectivity index (χ1n) is 6.55. The van der Waals surface area contributed by atoms with Crippen LogP contribution in [-0.4, -0.2) is 17.4 Å². The third kappa shape index (κ3) is 3.18. The Labute approximate surface area is 139 Å². The minimum atomic E-state index is -0.0105. The topological polar surface area (TPSA) is 46.3 Å². The van der Waals surface area contributed by atoms with E-state index in [1.165, 1.54) is 5.56 Å². The quantitative estimate of drug-likeness (QED) is 0.823. The van der Waals surface area contributed by atoms with Crippen LogP contribution in [0.25, 0.3) is 0 Å². The van der Waals surface area contributed by atoms with Crippen LogP contribution >= 0.6 is 35.3 Å². The molecule has 3 nitrogen and oxygen atoms in total. The fraction of sp³-hybridized carbons (Fsp3) is 0.267. The molecule has 0 saturated carbocycles. The van der Waals surface area contributed by atoms with Gasteiger partial charge in [0.05, 0.1) is 16.6 Å². The zero-order valence-electron chi connectivity index (χ0n) is 11.3. The maximum Gasteiger partial charge on any atom is 0.255 e. The van der Waals surface area contributed by atoms with Gasteiger partial charge in [0.2, 0.25) is 0 Å². The van der Waals surface area contributed by atoms with Crippen molar-refractivity contribution in [1.82, 2.24) is 4.90 Å². The van der Waals surface area contributed by atoms with Gasteiger partial charge in [-0.3, -0.25) is 4.79 Å². The second kappa shape index (κ2) is 6.69. The molecule has 112 valence electrons. The van der Waals surface area contributed by atoms with E-state index in [1.54, 1.807) is 29.5 Å². The molecule has 1 fully saturated rings. The van der Waals surface area contributed by atoms with Crippen LogP contribution in [0.4, 0.5) is 5.69 Å². The average molecular weight is 343 g/mol. The average Bonchev–Trinajstić information content (AvgIpc) is 3.09. The molecule has 1 atom stereocenters. The Kier molecular flexibility index (Phi) is 5.14. The molecule has 0 aliphatic carbocycles. The van der Waals surface area contributed by atoms with Crippen molar-refractivity contribution in [1.29, 1.82) is 0 Å². The van der Waals surface area contributed by atoms with Gasteiger partial charge in [-0.25, -0.2) is 0 Å². The second-order valence-electron chi connectivity index (χ2n) is 4.95. The van der Waals surface area contributed by atoms with Crippen LogP contribution in [0.5, 0.6) is 0 Å². The maximum atomic E-state index is 12.7. The standard InChI is InChI=1S/C15H15ClN2OS.ClH/c16-13-8-11(17)3-4-12(13)15(19)18-6-1-2-14(18)10-5-7-20-9-10;/h3-5,7-9,14H,1-2,6,17H2;1H. The Morgan fingerprint density at radius 2 is 2.19 bits per heavy atom. The third-order valence-corrected chi connectivity index (χ3v) is 4.68. The lowest BCUT2D eigenvalue weighted by atomic mass is 10.1. The van der Waals surface area contributed by atoms with E-state index in [9.17, 15) is 4.79 Å². The Bertz CT molecular complexity index is 631. The van der Waals surface area contributed by atoms with Crippen molar-refractivity contribution in [2.45, 2.75) is 18.9 Å².